The van der Waals surface area contributed by atoms with Crippen LogP contribution in [0, 0.1) is 0 Å². The summed E-state index contributed by atoms with van der Waals surface area (Å²) < 4.78 is 4.60. The van der Waals surface area contributed by atoms with E-state index >= 15 is 0 Å². The summed E-state index contributed by atoms with van der Waals surface area (Å²) in [7, 11) is 2.23. The molecule has 0 radical (unpaired) electrons. The molecule has 4 heteroatoms. The second-order valence-electron chi connectivity index (χ2n) is 11.7. The van der Waals surface area contributed by atoms with E-state index in [4.69, 9.17) is 5.10 Å². The van der Waals surface area contributed by atoms with Crippen LogP contribution in [0.4, 0.5) is 0 Å². The molecule has 0 saturated carbocycles. The van der Waals surface area contributed by atoms with Crippen LogP contribution in [0.25, 0.3) is 55.9 Å². The third-order valence-corrected chi connectivity index (χ3v) is 9.19. The van der Waals surface area contributed by atoms with Gasteiger partial charge in [-0.3, -0.25) is 4.90 Å². The lowest BCUT2D eigenvalue weighted by molar-refractivity contribution is 0.241. The number of benzene rings is 5. The fourth-order valence-electron chi connectivity index (χ4n) is 6.88. The molecule has 0 amide bonds. The van der Waals surface area contributed by atoms with Crippen molar-refractivity contribution < 1.29 is 0 Å². The van der Waals surface area contributed by atoms with E-state index in [1.54, 1.807) is 0 Å². The molecule has 0 fully saturated rings. The predicted molar refractivity (Wildman–Crippen MR) is 181 cm³/mol. The predicted octanol–water partition coefficient (Wildman–Crippen LogP) is 9.37. The zero-order valence-electron chi connectivity index (χ0n) is 25.1. The molecule has 8 rings (SSSR count). The summed E-state index contributed by atoms with van der Waals surface area (Å²) in [5, 5.41) is 6.71. The third-order valence-electron chi connectivity index (χ3n) is 9.19. The molecule has 4 nitrogen and oxygen atoms in total. The molecule has 7 aromatic rings. The molecule has 1 aliphatic rings. The van der Waals surface area contributed by atoms with Crippen LogP contribution in [0.3, 0.4) is 0 Å². The molecule has 44 heavy (non-hydrogen) atoms. The van der Waals surface area contributed by atoms with Crippen molar-refractivity contribution in [2.45, 2.75) is 19.4 Å². The Morgan fingerprint density at radius 3 is 1.86 bits per heavy atom. The van der Waals surface area contributed by atoms with Gasteiger partial charge in [-0.15, -0.1) is 0 Å². The van der Waals surface area contributed by atoms with E-state index in [2.05, 4.69) is 168 Å². The molecular formula is C40H34N4. The topological polar surface area (TPSA) is 26.0 Å². The van der Waals surface area contributed by atoms with Crippen molar-refractivity contribution in [3.8, 4) is 45.0 Å². The highest BCUT2D eigenvalue weighted by atomic mass is 15.3. The molecule has 1 unspecified atom stereocenters. The molecule has 0 bridgehead atoms. The maximum atomic E-state index is 5.34. The van der Waals surface area contributed by atoms with Crippen molar-refractivity contribution in [1.29, 1.82) is 0 Å². The molecule has 5 aromatic carbocycles. The second kappa shape index (κ2) is 10.8. The van der Waals surface area contributed by atoms with Gasteiger partial charge >= 0.3 is 0 Å². The van der Waals surface area contributed by atoms with Gasteiger partial charge in [0.2, 0.25) is 0 Å². The highest BCUT2D eigenvalue weighted by Gasteiger charge is 2.29. The van der Waals surface area contributed by atoms with E-state index in [1.165, 1.54) is 27.8 Å². The quantitative estimate of drug-likeness (QED) is 0.206. The van der Waals surface area contributed by atoms with E-state index in [0.29, 0.717) is 6.04 Å². The standard InChI is InChI=1S/C40H34N4/c1-28-39-35(26-27-42(28)2)34-20-12-13-21-36(34)43(39)32-22-24-33(25-23-32)44-40(31-18-10-5-11-19-31)37(29-14-6-3-7-15-29)38(41-44)30-16-8-4-9-17-30/h3-25,28H,26-27H2,1-2H3. The van der Waals surface area contributed by atoms with Gasteiger partial charge in [0.15, 0.2) is 0 Å². The fraction of sp³-hybridized carbons (Fsp3) is 0.125. The van der Waals surface area contributed by atoms with Crippen molar-refractivity contribution >= 4 is 10.9 Å². The van der Waals surface area contributed by atoms with Crippen molar-refractivity contribution in [1.82, 2.24) is 19.2 Å². The molecule has 2 aromatic heterocycles. The Morgan fingerprint density at radius 2 is 1.18 bits per heavy atom. The Balaban J connectivity index is 1.34. The van der Waals surface area contributed by atoms with Crippen LogP contribution >= 0.6 is 0 Å². The number of aromatic nitrogens is 3. The van der Waals surface area contributed by atoms with Crippen molar-refractivity contribution in [2.24, 2.45) is 0 Å². The molecule has 3 heterocycles. The van der Waals surface area contributed by atoms with E-state index in [0.717, 1.165) is 52.3 Å². The third kappa shape index (κ3) is 4.30. The minimum atomic E-state index is 0.337. The van der Waals surface area contributed by atoms with Crippen LogP contribution in [-0.2, 0) is 6.42 Å². The van der Waals surface area contributed by atoms with Gasteiger partial charge in [-0.2, -0.15) is 5.10 Å². The summed E-state index contributed by atoms with van der Waals surface area (Å²) in [5.41, 5.74) is 12.9. The number of para-hydroxylation sites is 1. The first-order valence-corrected chi connectivity index (χ1v) is 15.4. The van der Waals surface area contributed by atoms with Gasteiger partial charge in [0.25, 0.3) is 0 Å². The van der Waals surface area contributed by atoms with Crippen molar-refractivity contribution in [3.05, 3.63) is 151 Å². The Morgan fingerprint density at radius 1 is 0.614 bits per heavy atom. The average Bonchev–Trinajstić information content (AvgIpc) is 3.65. The van der Waals surface area contributed by atoms with E-state index in [9.17, 15) is 0 Å². The van der Waals surface area contributed by atoms with Gasteiger partial charge in [0.05, 0.1) is 16.9 Å². The monoisotopic (exact) mass is 570 g/mol. The van der Waals surface area contributed by atoms with Gasteiger partial charge < -0.3 is 4.57 Å². The molecule has 0 spiro atoms. The van der Waals surface area contributed by atoms with Gasteiger partial charge in [0, 0.05) is 46.0 Å². The summed E-state index contributed by atoms with van der Waals surface area (Å²) in [6.07, 6.45) is 1.07. The highest BCUT2D eigenvalue weighted by Crippen LogP contribution is 2.42. The molecule has 1 atom stereocenters. The Hall–Kier alpha value is -5.19. The number of nitrogens with zero attached hydrogens (tertiary/aromatic N) is 4. The molecule has 0 saturated heterocycles. The van der Waals surface area contributed by atoms with E-state index in [-0.39, 0.29) is 0 Å². The Bertz CT molecular complexity index is 2070. The van der Waals surface area contributed by atoms with Gasteiger partial charge in [0.1, 0.15) is 5.69 Å². The smallest absolute Gasteiger partial charge is 0.101 e. The summed E-state index contributed by atoms with van der Waals surface area (Å²) in [6.45, 7) is 3.41. The van der Waals surface area contributed by atoms with Gasteiger partial charge in [-0.25, -0.2) is 4.68 Å². The average molecular weight is 571 g/mol. The van der Waals surface area contributed by atoms with E-state index < -0.39 is 0 Å². The lowest BCUT2D eigenvalue weighted by atomic mass is 9.96. The van der Waals surface area contributed by atoms with Gasteiger partial charge in [-0.1, -0.05) is 109 Å². The first-order valence-electron chi connectivity index (χ1n) is 15.4. The number of likely N-dealkylation sites (N-methyl/N-ethyl adjacent to an activating group) is 1. The SMILES string of the molecule is CC1c2c(c3ccccc3n2-c2ccc(-n3nc(-c4ccccc4)c(-c4ccccc4)c3-c3ccccc3)cc2)CCN1C. The lowest BCUT2D eigenvalue weighted by Gasteiger charge is -2.31. The maximum absolute atomic E-state index is 5.34. The fourth-order valence-corrected chi connectivity index (χ4v) is 6.88. The van der Waals surface area contributed by atoms with Crippen LogP contribution in [0.1, 0.15) is 24.2 Å². The molecular weight excluding hydrogens is 536 g/mol. The first kappa shape index (κ1) is 26.4. The largest absolute Gasteiger partial charge is 0.312 e. The molecule has 0 aliphatic carbocycles. The van der Waals surface area contributed by atoms with Crippen LogP contribution in [0.15, 0.2) is 140 Å². The number of hydrogen-bond acceptors (Lipinski definition) is 2. The lowest BCUT2D eigenvalue weighted by Crippen LogP contribution is -2.31. The number of rotatable bonds is 5. The van der Waals surface area contributed by atoms with E-state index in [1.807, 2.05) is 0 Å². The minimum Gasteiger partial charge on any atom is -0.312 e. The first-order chi connectivity index (χ1) is 21.7. The van der Waals surface area contributed by atoms with Crippen LogP contribution in [-0.4, -0.2) is 32.8 Å². The minimum absolute atomic E-state index is 0.337. The van der Waals surface area contributed by atoms with Crippen LogP contribution in [0.2, 0.25) is 0 Å². The summed E-state index contributed by atoms with van der Waals surface area (Å²) in [5.74, 6) is 0. The Labute approximate surface area is 258 Å². The van der Waals surface area contributed by atoms with Crippen molar-refractivity contribution in [3.63, 3.8) is 0 Å². The second-order valence-corrected chi connectivity index (χ2v) is 11.7. The number of fused-ring (bicyclic) bond motifs is 3. The van der Waals surface area contributed by atoms with Crippen LogP contribution < -0.4 is 0 Å². The summed E-state index contributed by atoms with van der Waals surface area (Å²) in [6, 6.07) is 49.9. The Kier molecular flexibility index (Phi) is 6.50. The van der Waals surface area contributed by atoms with Crippen molar-refractivity contribution in [2.75, 3.05) is 13.6 Å². The normalized spacial score (nSPS) is 15.0. The molecule has 1 aliphatic heterocycles. The zero-order valence-corrected chi connectivity index (χ0v) is 25.1. The number of hydrogen-bond donors (Lipinski definition) is 0. The highest BCUT2D eigenvalue weighted by molar-refractivity contribution is 5.93. The van der Waals surface area contributed by atoms with Gasteiger partial charge in [-0.05, 0) is 61.9 Å². The molecule has 214 valence electrons. The summed E-state index contributed by atoms with van der Waals surface area (Å²) >= 11 is 0. The summed E-state index contributed by atoms with van der Waals surface area (Å²) in [4.78, 5) is 2.46. The zero-order chi connectivity index (χ0) is 29.6. The van der Waals surface area contributed by atoms with Crippen LogP contribution in [0.5, 0.6) is 0 Å². The maximum Gasteiger partial charge on any atom is 0.101 e. The molecule has 0 N–H and O–H groups in total.